The van der Waals surface area contributed by atoms with Gasteiger partial charge in [-0.3, -0.25) is 4.79 Å². The third kappa shape index (κ3) is 3.16. The lowest BCUT2D eigenvalue weighted by molar-refractivity contribution is -0.124. The molecular weight excluding hydrogens is 290 g/mol. The Morgan fingerprint density at radius 1 is 1.09 bits per heavy atom. The van der Waals surface area contributed by atoms with Crippen LogP contribution in [0.4, 0.5) is 5.69 Å². The Bertz CT molecular complexity index is 699. The highest BCUT2D eigenvalue weighted by Crippen LogP contribution is 2.30. The number of benzene rings is 2. The first-order valence-electron chi connectivity index (χ1n) is 7.89. The van der Waals surface area contributed by atoms with Gasteiger partial charge in [0.05, 0.1) is 7.11 Å². The van der Waals surface area contributed by atoms with Gasteiger partial charge in [0.15, 0.2) is 17.6 Å². The van der Waals surface area contributed by atoms with Crippen LogP contribution >= 0.6 is 0 Å². The molecule has 0 aromatic heterocycles. The van der Waals surface area contributed by atoms with Crippen molar-refractivity contribution in [3.8, 4) is 11.5 Å². The van der Waals surface area contributed by atoms with Crippen molar-refractivity contribution in [2.24, 2.45) is 0 Å². The molecule has 0 saturated heterocycles. The second kappa shape index (κ2) is 6.73. The number of ether oxygens (including phenoxy) is 2. The molecule has 0 aliphatic carbocycles. The van der Waals surface area contributed by atoms with Gasteiger partial charge in [-0.15, -0.1) is 0 Å². The molecule has 1 aliphatic rings. The lowest BCUT2D eigenvalue weighted by atomic mass is 10.0. The van der Waals surface area contributed by atoms with E-state index < -0.39 is 6.10 Å². The molecule has 4 nitrogen and oxygen atoms in total. The van der Waals surface area contributed by atoms with Crippen LogP contribution in [0.3, 0.4) is 0 Å². The average molecular weight is 311 g/mol. The van der Waals surface area contributed by atoms with Gasteiger partial charge in [-0.1, -0.05) is 30.3 Å². The highest BCUT2D eigenvalue weighted by atomic mass is 16.5. The van der Waals surface area contributed by atoms with E-state index in [9.17, 15) is 4.79 Å². The van der Waals surface area contributed by atoms with Crippen LogP contribution in [-0.4, -0.2) is 25.7 Å². The molecule has 1 atom stereocenters. The number of aryl methyl sites for hydroxylation is 1. The zero-order valence-electron chi connectivity index (χ0n) is 13.5. The molecule has 2 aromatic carbocycles. The van der Waals surface area contributed by atoms with Gasteiger partial charge < -0.3 is 14.4 Å². The number of amides is 1. The molecule has 0 N–H and O–H groups in total. The third-order valence-corrected chi connectivity index (χ3v) is 4.10. The van der Waals surface area contributed by atoms with Gasteiger partial charge in [0.1, 0.15) is 0 Å². The van der Waals surface area contributed by atoms with Crippen LogP contribution in [0.25, 0.3) is 0 Å². The first-order valence-corrected chi connectivity index (χ1v) is 7.89. The number of hydrogen-bond donors (Lipinski definition) is 0. The maximum atomic E-state index is 12.8. The van der Waals surface area contributed by atoms with Crippen molar-refractivity contribution in [3.63, 3.8) is 0 Å². The van der Waals surface area contributed by atoms with Gasteiger partial charge in [-0.2, -0.15) is 0 Å². The number of rotatable bonds is 4. The fraction of sp³-hybridized carbons (Fsp3) is 0.316. The average Bonchev–Trinajstić information content (AvgIpc) is 2.61. The van der Waals surface area contributed by atoms with E-state index in [1.807, 2.05) is 47.4 Å². The normalized spacial score (nSPS) is 14.8. The van der Waals surface area contributed by atoms with E-state index in [4.69, 9.17) is 9.47 Å². The van der Waals surface area contributed by atoms with Crippen LogP contribution in [-0.2, 0) is 11.2 Å². The molecule has 23 heavy (non-hydrogen) atoms. The minimum atomic E-state index is -0.572. The Kier molecular flexibility index (Phi) is 4.51. The van der Waals surface area contributed by atoms with Crippen LogP contribution in [0.1, 0.15) is 18.9 Å². The zero-order chi connectivity index (χ0) is 16.2. The summed E-state index contributed by atoms with van der Waals surface area (Å²) >= 11 is 0. The molecule has 1 heterocycles. The van der Waals surface area contributed by atoms with E-state index in [0.717, 1.165) is 25.1 Å². The monoisotopic (exact) mass is 311 g/mol. The molecule has 120 valence electrons. The first kappa shape index (κ1) is 15.4. The highest BCUT2D eigenvalue weighted by molar-refractivity contribution is 5.97. The SMILES string of the molecule is COc1ccccc1O[C@@H](C)C(=O)N1CCCc2ccccc21. The van der Waals surface area contributed by atoms with Gasteiger partial charge >= 0.3 is 0 Å². The number of nitrogens with zero attached hydrogens (tertiary/aromatic N) is 1. The van der Waals surface area contributed by atoms with E-state index in [1.165, 1.54) is 5.56 Å². The Morgan fingerprint density at radius 2 is 1.78 bits per heavy atom. The van der Waals surface area contributed by atoms with Crippen LogP contribution in [0.2, 0.25) is 0 Å². The quantitative estimate of drug-likeness (QED) is 0.868. The van der Waals surface area contributed by atoms with E-state index in [-0.39, 0.29) is 5.91 Å². The Hall–Kier alpha value is -2.49. The summed E-state index contributed by atoms with van der Waals surface area (Å²) in [4.78, 5) is 14.7. The van der Waals surface area contributed by atoms with E-state index in [2.05, 4.69) is 6.07 Å². The third-order valence-electron chi connectivity index (χ3n) is 4.10. The summed E-state index contributed by atoms with van der Waals surface area (Å²) in [6.07, 6.45) is 1.42. The topological polar surface area (TPSA) is 38.8 Å². The molecule has 1 aliphatic heterocycles. The molecule has 2 aromatic rings. The lowest BCUT2D eigenvalue weighted by Crippen LogP contribution is -2.43. The van der Waals surface area contributed by atoms with Crippen molar-refractivity contribution in [2.75, 3.05) is 18.6 Å². The predicted octanol–water partition coefficient (Wildman–Crippen LogP) is 3.44. The molecule has 0 fully saturated rings. The van der Waals surface area contributed by atoms with Crippen molar-refractivity contribution < 1.29 is 14.3 Å². The molecule has 0 unspecified atom stereocenters. The smallest absolute Gasteiger partial charge is 0.267 e. The molecule has 0 spiro atoms. The van der Waals surface area contributed by atoms with Crippen molar-refractivity contribution in [1.82, 2.24) is 0 Å². The van der Waals surface area contributed by atoms with Gasteiger partial charge in [0.2, 0.25) is 0 Å². The number of anilines is 1. The maximum absolute atomic E-state index is 12.8. The number of methoxy groups -OCH3 is 1. The molecule has 0 bridgehead atoms. The maximum Gasteiger partial charge on any atom is 0.267 e. The summed E-state index contributed by atoms with van der Waals surface area (Å²) in [5.41, 5.74) is 2.22. The van der Waals surface area contributed by atoms with Crippen molar-refractivity contribution in [1.29, 1.82) is 0 Å². The minimum Gasteiger partial charge on any atom is -0.493 e. The van der Waals surface area contributed by atoms with Gasteiger partial charge in [0.25, 0.3) is 5.91 Å². The van der Waals surface area contributed by atoms with Crippen LogP contribution in [0, 0.1) is 0 Å². The second-order valence-electron chi connectivity index (χ2n) is 5.63. The van der Waals surface area contributed by atoms with Crippen LogP contribution < -0.4 is 14.4 Å². The van der Waals surface area contributed by atoms with E-state index >= 15 is 0 Å². The fourth-order valence-corrected chi connectivity index (χ4v) is 2.94. The Balaban J connectivity index is 1.78. The van der Waals surface area contributed by atoms with Crippen molar-refractivity contribution >= 4 is 11.6 Å². The summed E-state index contributed by atoms with van der Waals surface area (Å²) < 4.78 is 11.1. The Morgan fingerprint density at radius 3 is 2.57 bits per heavy atom. The zero-order valence-corrected chi connectivity index (χ0v) is 13.5. The summed E-state index contributed by atoms with van der Waals surface area (Å²) in [5, 5.41) is 0. The second-order valence-corrected chi connectivity index (χ2v) is 5.63. The number of fused-ring (bicyclic) bond motifs is 1. The molecule has 0 radical (unpaired) electrons. The largest absolute Gasteiger partial charge is 0.493 e. The summed E-state index contributed by atoms with van der Waals surface area (Å²) in [6, 6.07) is 15.4. The van der Waals surface area contributed by atoms with E-state index in [0.29, 0.717) is 11.5 Å². The lowest BCUT2D eigenvalue weighted by Gasteiger charge is -2.31. The van der Waals surface area contributed by atoms with E-state index in [1.54, 1.807) is 14.0 Å². The molecular formula is C19H21NO3. The molecule has 1 amide bonds. The van der Waals surface area contributed by atoms with Crippen LogP contribution in [0.15, 0.2) is 48.5 Å². The van der Waals surface area contributed by atoms with Crippen molar-refractivity contribution in [2.45, 2.75) is 25.9 Å². The molecule has 0 saturated carbocycles. The summed E-state index contributed by atoms with van der Waals surface area (Å²) in [6.45, 7) is 2.52. The highest BCUT2D eigenvalue weighted by Gasteiger charge is 2.27. The van der Waals surface area contributed by atoms with Gasteiger partial charge in [0, 0.05) is 12.2 Å². The number of hydrogen-bond acceptors (Lipinski definition) is 3. The standard InChI is InChI=1S/C19H21NO3/c1-14(23-18-12-6-5-11-17(18)22-2)19(21)20-13-7-9-15-8-3-4-10-16(15)20/h3-6,8,10-12,14H,7,9,13H2,1-2H3/t14-/m0/s1. The summed E-state index contributed by atoms with van der Waals surface area (Å²) in [7, 11) is 1.59. The molecule has 3 rings (SSSR count). The summed E-state index contributed by atoms with van der Waals surface area (Å²) in [5.74, 6) is 1.19. The van der Waals surface area contributed by atoms with Gasteiger partial charge in [-0.05, 0) is 43.5 Å². The molecule has 4 heteroatoms. The fourth-order valence-electron chi connectivity index (χ4n) is 2.94. The van der Waals surface area contributed by atoms with Crippen LogP contribution in [0.5, 0.6) is 11.5 Å². The predicted molar refractivity (Wildman–Crippen MR) is 90.2 cm³/mol. The van der Waals surface area contributed by atoms with Crippen molar-refractivity contribution in [3.05, 3.63) is 54.1 Å². The number of para-hydroxylation sites is 3. The van der Waals surface area contributed by atoms with Gasteiger partial charge in [-0.25, -0.2) is 0 Å². The number of carbonyl (C=O) groups excluding carboxylic acids is 1. The minimum absolute atomic E-state index is 0.0249. The first-order chi connectivity index (χ1) is 11.2. The Labute approximate surface area is 136 Å². The number of carbonyl (C=O) groups is 1.